The summed E-state index contributed by atoms with van der Waals surface area (Å²) in [6.07, 6.45) is 1.65. The van der Waals surface area contributed by atoms with E-state index < -0.39 is 0 Å². The van der Waals surface area contributed by atoms with E-state index in [4.69, 9.17) is 0 Å². The van der Waals surface area contributed by atoms with E-state index in [9.17, 15) is 14.9 Å². The highest BCUT2D eigenvalue weighted by Gasteiger charge is 2.37. The van der Waals surface area contributed by atoms with Gasteiger partial charge in [-0.3, -0.25) is 14.9 Å². The number of nitro groups is 1. The van der Waals surface area contributed by atoms with Gasteiger partial charge in [0.15, 0.2) is 0 Å². The van der Waals surface area contributed by atoms with E-state index in [2.05, 4.69) is 11.9 Å². The number of hydrogen-bond acceptors (Lipinski definition) is 5. The standard InChI is InChI=1S/C16H22N4O3/c1-17-9-11-18(12-10-17)16(21)15-7-4-8-19(15)13-5-2-3-6-14(13)20(22)23/h2-3,5-6,15H,4,7-12H2,1H3. The molecule has 124 valence electrons. The number of rotatable bonds is 3. The lowest BCUT2D eigenvalue weighted by molar-refractivity contribution is -0.384. The van der Waals surface area contributed by atoms with Gasteiger partial charge < -0.3 is 14.7 Å². The molecule has 2 fully saturated rings. The quantitative estimate of drug-likeness (QED) is 0.621. The number of para-hydroxylation sites is 2. The number of nitrogens with zero attached hydrogens (tertiary/aromatic N) is 4. The largest absolute Gasteiger partial charge is 0.354 e. The van der Waals surface area contributed by atoms with Crippen LogP contribution in [0.25, 0.3) is 0 Å². The molecule has 0 N–H and O–H groups in total. The molecule has 0 aromatic heterocycles. The summed E-state index contributed by atoms with van der Waals surface area (Å²) in [5.41, 5.74) is 0.632. The SMILES string of the molecule is CN1CCN(C(=O)C2CCCN2c2ccccc2[N+](=O)[O-])CC1. The number of benzene rings is 1. The molecule has 3 rings (SSSR count). The van der Waals surface area contributed by atoms with Crippen LogP contribution in [-0.2, 0) is 4.79 Å². The zero-order chi connectivity index (χ0) is 16.4. The molecule has 1 unspecified atom stereocenters. The molecule has 0 bridgehead atoms. The van der Waals surface area contributed by atoms with Crippen LogP contribution >= 0.6 is 0 Å². The van der Waals surface area contributed by atoms with Crippen molar-refractivity contribution < 1.29 is 9.72 Å². The Bertz CT molecular complexity index is 599. The number of carbonyl (C=O) groups excluding carboxylic acids is 1. The van der Waals surface area contributed by atoms with Gasteiger partial charge in [0.1, 0.15) is 11.7 Å². The first-order valence-electron chi connectivity index (χ1n) is 8.05. The predicted octanol–water partition coefficient (Wildman–Crippen LogP) is 1.34. The average molecular weight is 318 g/mol. The van der Waals surface area contributed by atoms with Crippen LogP contribution in [0.3, 0.4) is 0 Å². The maximum Gasteiger partial charge on any atom is 0.292 e. The van der Waals surface area contributed by atoms with Gasteiger partial charge in [0.05, 0.1) is 4.92 Å². The van der Waals surface area contributed by atoms with Crippen molar-refractivity contribution in [1.29, 1.82) is 0 Å². The molecule has 2 aliphatic rings. The van der Waals surface area contributed by atoms with E-state index in [0.717, 1.165) is 39.0 Å². The summed E-state index contributed by atoms with van der Waals surface area (Å²) in [6, 6.07) is 6.42. The molecule has 1 atom stereocenters. The molecule has 2 aliphatic heterocycles. The fourth-order valence-corrected chi connectivity index (χ4v) is 3.41. The highest BCUT2D eigenvalue weighted by molar-refractivity contribution is 5.87. The van der Waals surface area contributed by atoms with Crippen LogP contribution in [-0.4, -0.2) is 66.4 Å². The van der Waals surface area contributed by atoms with Gasteiger partial charge in [0.25, 0.3) is 5.69 Å². The van der Waals surface area contributed by atoms with Crippen LogP contribution in [0, 0.1) is 10.1 Å². The first-order valence-corrected chi connectivity index (χ1v) is 8.05. The molecule has 23 heavy (non-hydrogen) atoms. The zero-order valence-electron chi connectivity index (χ0n) is 13.4. The van der Waals surface area contributed by atoms with E-state index in [1.807, 2.05) is 9.80 Å². The van der Waals surface area contributed by atoms with E-state index in [-0.39, 0.29) is 22.6 Å². The summed E-state index contributed by atoms with van der Waals surface area (Å²) in [5, 5.41) is 11.3. The summed E-state index contributed by atoms with van der Waals surface area (Å²) < 4.78 is 0. The summed E-state index contributed by atoms with van der Waals surface area (Å²) in [4.78, 5) is 29.8. The summed E-state index contributed by atoms with van der Waals surface area (Å²) >= 11 is 0. The molecule has 0 saturated carbocycles. The van der Waals surface area contributed by atoms with Gasteiger partial charge >= 0.3 is 0 Å². The number of anilines is 1. The Morgan fingerprint density at radius 2 is 1.87 bits per heavy atom. The lowest BCUT2D eigenvalue weighted by atomic mass is 10.1. The minimum absolute atomic E-state index is 0.0746. The van der Waals surface area contributed by atoms with E-state index in [1.165, 1.54) is 6.07 Å². The third-order valence-corrected chi connectivity index (χ3v) is 4.74. The molecule has 0 aliphatic carbocycles. The lowest BCUT2D eigenvalue weighted by Crippen LogP contribution is -2.53. The second-order valence-electron chi connectivity index (χ2n) is 6.23. The van der Waals surface area contributed by atoms with E-state index >= 15 is 0 Å². The van der Waals surface area contributed by atoms with E-state index in [0.29, 0.717) is 12.2 Å². The number of amides is 1. The molecule has 2 heterocycles. The van der Waals surface area contributed by atoms with Crippen molar-refractivity contribution in [1.82, 2.24) is 9.80 Å². The number of carbonyl (C=O) groups is 1. The molecular weight excluding hydrogens is 296 g/mol. The molecular formula is C16H22N4O3. The van der Waals surface area contributed by atoms with Crippen LogP contribution in [0.2, 0.25) is 0 Å². The van der Waals surface area contributed by atoms with Crippen molar-refractivity contribution in [3.8, 4) is 0 Å². The normalized spacial score (nSPS) is 22.4. The number of likely N-dealkylation sites (N-methyl/N-ethyl adjacent to an activating group) is 1. The van der Waals surface area contributed by atoms with Gasteiger partial charge in [-0.1, -0.05) is 12.1 Å². The minimum atomic E-state index is -0.370. The van der Waals surface area contributed by atoms with Crippen LogP contribution in [0.15, 0.2) is 24.3 Å². The lowest BCUT2D eigenvalue weighted by Gasteiger charge is -2.36. The van der Waals surface area contributed by atoms with Crippen molar-refractivity contribution in [2.75, 3.05) is 44.7 Å². The first kappa shape index (κ1) is 15.7. The maximum atomic E-state index is 12.9. The minimum Gasteiger partial charge on any atom is -0.354 e. The Hall–Kier alpha value is -2.15. The topological polar surface area (TPSA) is 69.9 Å². The van der Waals surface area contributed by atoms with Crippen LogP contribution in [0.5, 0.6) is 0 Å². The molecule has 2 saturated heterocycles. The molecule has 7 nitrogen and oxygen atoms in total. The highest BCUT2D eigenvalue weighted by Crippen LogP contribution is 2.33. The molecule has 1 aromatic carbocycles. The van der Waals surface area contributed by atoms with Gasteiger partial charge in [-0.25, -0.2) is 0 Å². The summed E-state index contributed by atoms with van der Waals surface area (Å²) in [6.45, 7) is 3.91. The second kappa shape index (κ2) is 6.54. The van der Waals surface area contributed by atoms with Gasteiger partial charge in [0, 0.05) is 38.8 Å². The molecule has 1 aromatic rings. The Balaban J connectivity index is 1.81. The van der Waals surface area contributed by atoms with Gasteiger partial charge in [0.2, 0.25) is 5.91 Å². The van der Waals surface area contributed by atoms with E-state index in [1.54, 1.807) is 18.2 Å². The van der Waals surface area contributed by atoms with Gasteiger partial charge in [-0.2, -0.15) is 0 Å². The van der Waals surface area contributed by atoms with Crippen molar-refractivity contribution in [3.63, 3.8) is 0 Å². The number of nitro benzene ring substituents is 1. The Morgan fingerprint density at radius 1 is 1.17 bits per heavy atom. The predicted molar refractivity (Wildman–Crippen MR) is 87.5 cm³/mol. The monoisotopic (exact) mass is 318 g/mol. The maximum absolute atomic E-state index is 12.9. The second-order valence-corrected chi connectivity index (χ2v) is 6.23. The van der Waals surface area contributed by atoms with Crippen molar-refractivity contribution in [3.05, 3.63) is 34.4 Å². The van der Waals surface area contributed by atoms with Crippen LogP contribution in [0.1, 0.15) is 12.8 Å². The highest BCUT2D eigenvalue weighted by atomic mass is 16.6. The Labute approximate surface area is 135 Å². The summed E-state index contributed by atoms with van der Waals surface area (Å²) in [5.74, 6) is 0.105. The van der Waals surface area contributed by atoms with Crippen molar-refractivity contribution in [2.24, 2.45) is 0 Å². The third kappa shape index (κ3) is 3.14. The fourth-order valence-electron chi connectivity index (χ4n) is 3.41. The molecule has 1 amide bonds. The zero-order valence-corrected chi connectivity index (χ0v) is 13.4. The molecule has 0 spiro atoms. The summed E-state index contributed by atoms with van der Waals surface area (Å²) in [7, 11) is 2.05. The third-order valence-electron chi connectivity index (χ3n) is 4.74. The molecule has 0 radical (unpaired) electrons. The smallest absolute Gasteiger partial charge is 0.292 e. The molecule has 7 heteroatoms. The fraction of sp³-hybridized carbons (Fsp3) is 0.562. The number of piperazine rings is 1. The Morgan fingerprint density at radius 3 is 2.57 bits per heavy atom. The Kier molecular flexibility index (Phi) is 4.47. The first-order chi connectivity index (χ1) is 11.1. The van der Waals surface area contributed by atoms with Crippen molar-refractivity contribution >= 4 is 17.3 Å². The van der Waals surface area contributed by atoms with Crippen molar-refractivity contribution in [2.45, 2.75) is 18.9 Å². The van der Waals surface area contributed by atoms with Gasteiger partial charge in [-0.05, 0) is 26.0 Å². The van der Waals surface area contributed by atoms with Gasteiger partial charge in [-0.15, -0.1) is 0 Å². The van der Waals surface area contributed by atoms with Crippen LogP contribution < -0.4 is 4.90 Å². The van der Waals surface area contributed by atoms with Crippen LogP contribution in [0.4, 0.5) is 11.4 Å². The number of hydrogen-bond donors (Lipinski definition) is 0. The average Bonchev–Trinajstić information content (AvgIpc) is 3.04.